The van der Waals surface area contributed by atoms with E-state index in [1.54, 1.807) is 7.11 Å². The molecule has 3 amide bonds. The summed E-state index contributed by atoms with van der Waals surface area (Å²) in [5, 5.41) is 6.16. The number of ether oxygens (including phenoxy) is 1. The minimum atomic E-state index is -0.106. The van der Waals surface area contributed by atoms with Gasteiger partial charge in [0.25, 0.3) is 0 Å². The molecule has 1 saturated carbocycles. The van der Waals surface area contributed by atoms with Crippen molar-refractivity contribution in [1.29, 1.82) is 0 Å². The standard InChI is InChI=1S/C27H36N4O3/c1-34-24-13-11-23(12-14-24)29-27(33)31-19-17-30(18-20-31)25(22-9-5-6-10-22)26(32)28-16-15-21-7-3-2-4-8-21/h2-4,7-8,11-14,22,25H,5-6,9-10,15-20H2,1H3,(H,28,32)(H,29,33). The summed E-state index contributed by atoms with van der Waals surface area (Å²) in [6.45, 7) is 3.30. The minimum absolute atomic E-state index is 0.102. The van der Waals surface area contributed by atoms with E-state index in [4.69, 9.17) is 4.74 Å². The fourth-order valence-corrected chi connectivity index (χ4v) is 5.11. The predicted octanol–water partition coefficient (Wildman–Crippen LogP) is 3.76. The number of piperazine rings is 1. The first-order chi connectivity index (χ1) is 16.6. The van der Waals surface area contributed by atoms with Gasteiger partial charge in [-0.15, -0.1) is 0 Å². The Balaban J connectivity index is 1.30. The van der Waals surface area contributed by atoms with Gasteiger partial charge in [0.05, 0.1) is 13.2 Å². The maximum absolute atomic E-state index is 13.3. The van der Waals surface area contributed by atoms with Crippen LogP contribution in [0.25, 0.3) is 0 Å². The number of benzene rings is 2. The summed E-state index contributed by atoms with van der Waals surface area (Å²) in [4.78, 5) is 30.2. The van der Waals surface area contributed by atoms with Gasteiger partial charge in [-0.1, -0.05) is 43.2 Å². The number of amides is 3. The summed E-state index contributed by atoms with van der Waals surface area (Å²) < 4.78 is 5.17. The molecule has 1 saturated heterocycles. The number of carbonyl (C=O) groups excluding carboxylic acids is 2. The molecule has 2 aromatic rings. The lowest BCUT2D eigenvalue weighted by molar-refractivity contribution is -0.129. The normalized spacial score (nSPS) is 17.9. The topological polar surface area (TPSA) is 73.9 Å². The number of nitrogens with one attached hydrogen (secondary N) is 2. The molecular formula is C27H36N4O3. The number of rotatable bonds is 8. The minimum Gasteiger partial charge on any atom is -0.497 e. The van der Waals surface area contributed by atoms with E-state index in [2.05, 4.69) is 27.7 Å². The van der Waals surface area contributed by atoms with Crippen LogP contribution in [0.4, 0.5) is 10.5 Å². The third kappa shape index (κ3) is 6.29. The molecule has 0 radical (unpaired) electrons. The van der Waals surface area contributed by atoms with Gasteiger partial charge in [-0.2, -0.15) is 0 Å². The predicted molar refractivity (Wildman–Crippen MR) is 134 cm³/mol. The van der Waals surface area contributed by atoms with Crippen molar-refractivity contribution in [2.45, 2.75) is 38.1 Å². The molecule has 7 nitrogen and oxygen atoms in total. The zero-order valence-corrected chi connectivity index (χ0v) is 20.0. The zero-order chi connectivity index (χ0) is 23.8. The SMILES string of the molecule is COc1ccc(NC(=O)N2CCN(C(C(=O)NCCc3ccccc3)C3CCCC3)CC2)cc1. The summed E-state index contributed by atoms with van der Waals surface area (Å²) in [7, 11) is 1.62. The van der Waals surface area contributed by atoms with Crippen molar-refractivity contribution in [3.8, 4) is 5.75 Å². The van der Waals surface area contributed by atoms with Crippen LogP contribution in [-0.4, -0.2) is 67.6 Å². The van der Waals surface area contributed by atoms with Crippen LogP contribution < -0.4 is 15.4 Å². The zero-order valence-electron chi connectivity index (χ0n) is 20.0. The number of hydrogen-bond acceptors (Lipinski definition) is 4. The second kappa shape index (κ2) is 11.9. The van der Waals surface area contributed by atoms with Gasteiger partial charge in [0.1, 0.15) is 5.75 Å². The number of nitrogens with zero attached hydrogens (tertiary/aromatic N) is 2. The number of urea groups is 1. The van der Waals surface area contributed by atoms with Gasteiger partial charge in [0.2, 0.25) is 5.91 Å². The number of hydrogen-bond donors (Lipinski definition) is 2. The van der Waals surface area contributed by atoms with E-state index in [-0.39, 0.29) is 18.0 Å². The van der Waals surface area contributed by atoms with Gasteiger partial charge in [-0.25, -0.2) is 4.79 Å². The highest BCUT2D eigenvalue weighted by Crippen LogP contribution is 2.31. The molecule has 1 aliphatic heterocycles. The lowest BCUT2D eigenvalue weighted by Gasteiger charge is -2.40. The lowest BCUT2D eigenvalue weighted by Crippen LogP contribution is -2.58. The van der Waals surface area contributed by atoms with Crippen molar-refractivity contribution in [2.75, 3.05) is 45.2 Å². The Labute approximate surface area is 202 Å². The third-order valence-electron chi connectivity index (χ3n) is 7.01. The molecule has 1 aliphatic carbocycles. The molecule has 7 heteroatoms. The van der Waals surface area contributed by atoms with Crippen LogP contribution in [0.5, 0.6) is 5.75 Å². The molecular weight excluding hydrogens is 428 g/mol. The largest absolute Gasteiger partial charge is 0.497 e. The molecule has 1 heterocycles. The Hall–Kier alpha value is -3.06. The van der Waals surface area contributed by atoms with Gasteiger partial charge in [-0.3, -0.25) is 9.69 Å². The summed E-state index contributed by atoms with van der Waals surface area (Å²) in [5.74, 6) is 1.29. The van der Waals surface area contributed by atoms with Gasteiger partial charge in [0.15, 0.2) is 0 Å². The van der Waals surface area contributed by atoms with Gasteiger partial charge in [-0.05, 0) is 55.0 Å². The fourth-order valence-electron chi connectivity index (χ4n) is 5.11. The molecule has 2 aliphatic rings. The van der Waals surface area contributed by atoms with Crippen molar-refractivity contribution in [3.63, 3.8) is 0 Å². The van der Waals surface area contributed by atoms with Crippen molar-refractivity contribution < 1.29 is 14.3 Å². The second-order valence-corrected chi connectivity index (χ2v) is 9.20. The molecule has 4 rings (SSSR count). The van der Waals surface area contributed by atoms with Gasteiger partial charge >= 0.3 is 6.03 Å². The first-order valence-electron chi connectivity index (χ1n) is 12.4. The van der Waals surface area contributed by atoms with Crippen LogP contribution >= 0.6 is 0 Å². The average molecular weight is 465 g/mol. The summed E-state index contributed by atoms with van der Waals surface area (Å²) in [6.07, 6.45) is 5.44. The van der Waals surface area contributed by atoms with Crippen LogP contribution in [0, 0.1) is 5.92 Å². The molecule has 0 aromatic heterocycles. The highest BCUT2D eigenvalue weighted by atomic mass is 16.5. The van der Waals surface area contributed by atoms with Crippen LogP contribution in [0.3, 0.4) is 0 Å². The Bertz CT molecular complexity index is 921. The van der Waals surface area contributed by atoms with E-state index >= 15 is 0 Å². The maximum atomic E-state index is 13.3. The highest BCUT2D eigenvalue weighted by Gasteiger charge is 2.37. The maximum Gasteiger partial charge on any atom is 0.321 e. The first-order valence-corrected chi connectivity index (χ1v) is 12.4. The Kier molecular flexibility index (Phi) is 8.41. The number of anilines is 1. The molecule has 0 bridgehead atoms. The van der Waals surface area contributed by atoms with Gasteiger partial charge in [0, 0.05) is 38.4 Å². The van der Waals surface area contributed by atoms with Crippen LogP contribution in [-0.2, 0) is 11.2 Å². The molecule has 1 unspecified atom stereocenters. The summed E-state index contributed by atoms with van der Waals surface area (Å²) in [6, 6.07) is 17.4. The monoisotopic (exact) mass is 464 g/mol. The smallest absolute Gasteiger partial charge is 0.321 e. The van der Waals surface area contributed by atoms with Crippen molar-refractivity contribution >= 4 is 17.6 Å². The Morgan fingerprint density at radius 2 is 1.65 bits per heavy atom. The number of carbonyl (C=O) groups is 2. The van der Waals surface area contributed by atoms with Crippen LogP contribution in [0.2, 0.25) is 0 Å². The summed E-state index contributed by atoms with van der Waals surface area (Å²) in [5.41, 5.74) is 1.98. The molecule has 182 valence electrons. The molecule has 2 aromatic carbocycles. The van der Waals surface area contributed by atoms with E-state index in [0.29, 0.717) is 38.6 Å². The molecule has 34 heavy (non-hydrogen) atoms. The van der Waals surface area contributed by atoms with E-state index in [1.807, 2.05) is 47.4 Å². The van der Waals surface area contributed by atoms with Crippen molar-refractivity contribution in [1.82, 2.24) is 15.1 Å². The molecule has 2 fully saturated rings. The van der Waals surface area contributed by atoms with Crippen LogP contribution in [0.1, 0.15) is 31.2 Å². The van der Waals surface area contributed by atoms with E-state index in [1.165, 1.54) is 18.4 Å². The van der Waals surface area contributed by atoms with Gasteiger partial charge < -0.3 is 20.3 Å². The highest BCUT2D eigenvalue weighted by molar-refractivity contribution is 5.89. The van der Waals surface area contributed by atoms with E-state index < -0.39 is 0 Å². The van der Waals surface area contributed by atoms with Crippen molar-refractivity contribution in [3.05, 3.63) is 60.2 Å². The Morgan fingerprint density at radius 1 is 0.971 bits per heavy atom. The third-order valence-corrected chi connectivity index (χ3v) is 7.01. The first kappa shape index (κ1) is 24.1. The fraction of sp³-hybridized carbons (Fsp3) is 0.481. The molecule has 0 spiro atoms. The lowest BCUT2D eigenvalue weighted by atomic mass is 9.95. The Morgan fingerprint density at radius 3 is 2.29 bits per heavy atom. The van der Waals surface area contributed by atoms with Crippen molar-refractivity contribution in [2.24, 2.45) is 5.92 Å². The number of methoxy groups -OCH3 is 1. The second-order valence-electron chi connectivity index (χ2n) is 9.20. The molecule has 1 atom stereocenters. The average Bonchev–Trinajstić information content (AvgIpc) is 3.40. The molecule has 2 N–H and O–H groups in total. The van der Waals surface area contributed by atoms with E-state index in [9.17, 15) is 9.59 Å². The summed E-state index contributed by atoms with van der Waals surface area (Å²) >= 11 is 0. The van der Waals surface area contributed by atoms with E-state index in [0.717, 1.165) is 30.7 Å². The quantitative estimate of drug-likeness (QED) is 0.624. The van der Waals surface area contributed by atoms with Crippen LogP contribution in [0.15, 0.2) is 54.6 Å².